The van der Waals surface area contributed by atoms with Gasteiger partial charge in [0.1, 0.15) is 0 Å². The van der Waals surface area contributed by atoms with Crippen LogP contribution in [0, 0.1) is 5.92 Å². The molecule has 0 aromatic carbocycles. The number of nitrogens with two attached hydrogens (primary N) is 1. The molecule has 0 bridgehead atoms. The predicted molar refractivity (Wildman–Crippen MR) is 78.4 cm³/mol. The minimum absolute atomic E-state index is 0.160. The molecule has 0 spiro atoms. The van der Waals surface area contributed by atoms with E-state index in [0.29, 0.717) is 24.8 Å². The topological polar surface area (TPSA) is 63.4 Å². The van der Waals surface area contributed by atoms with Crippen molar-refractivity contribution in [2.24, 2.45) is 11.7 Å². The Bertz CT molecular complexity index is 362. The van der Waals surface area contributed by atoms with Crippen molar-refractivity contribution < 1.29 is 8.42 Å². The van der Waals surface area contributed by atoms with E-state index in [9.17, 15) is 8.42 Å². The van der Waals surface area contributed by atoms with E-state index in [1.165, 1.54) is 19.3 Å². The number of rotatable bonds is 5. The van der Waals surface area contributed by atoms with Crippen LogP contribution < -0.4 is 5.73 Å². The molecular weight excluding hydrogens is 260 g/mol. The fourth-order valence-electron chi connectivity index (χ4n) is 3.57. The zero-order valence-electron chi connectivity index (χ0n) is 11.9. The maximum atomic E-state index is 12.6. The summed E-state index contributed by atoms with van der Waals surface area (Å²) in [6.07, 6.45) is 9.80. The first-order valence-corrected chi connectivity index (χ1v) is 9.44. The van der Waals surface area contributed by atoms with Crippen LogP contribution in [0.2, 0.25) is 0 Å². The van der Waals surface area contributed by atoms with Crippen LogP contribution in [0.3, 0.4) is 0 Å². The predicted octanol–water partition coefficient (Wildman–Crippen LogP) is 2.10. The largest absolute Gasteiger partial charge is 0.330 e. The van der Waals surface area contributed by atoms with Gasteiger partial charge in [0.05, 0.1) is 5.75 Å². The molecule has 2 aliphatic rings. The molecule has 4 nitrogen and oxygen atoms in total. The van der Waals surface area contributed by atoms with Gasteiger partial charge in [0.15, 0.2) is 0 Å². The van der Waals surface area contributed by atoms with Crippen LogP contribution in [-0.4, -0.2) is 37.6 Å². The molecule has 1 aliphatic heterocycles. The molecule has 112 valence electrons. The summed E-state index contributed by atoms with van der Waals surface area (Å²) < 4.78 is 27.0. The molecule has 2 fully saturated rings. The molecule has 2 N–H and O–H groups in total. The van der Waals surface area contributed by atoms with E-state index in [2.05, 4.69) is 0 Å². The average molecular weight is 288 g/mol. The van der Waals surface area contributed by atoms with Gasteiger partial charge in [0, 0.05) is 12.6 Å². The van der Waals surface area contributed by atoms with Crippen LogP contribution in [0.1, 0.15) is 57.8 Å². The third-order valence-electron chi connectivity index (χ3n) is 4.60. The zero-order valence-corrected chi connectivity index (χ0v) is 12.7. The highest BCUT2D eigenvalue weighted by Gasteiger charge is 2.33. The maximum Gasteiger partial charge on any atom is 0.214 e. The molecule has 0 amide bonds. The molecule has 5 heteroatoms. The summed E-state index contributed by atoms with van der Waals surface area (Å²) in [7, 11) is -3.08. The van der Waals surface area contributed by atoms with Crippen LogP contribution in [0.25, 0.3) is 0 Å². The molecular formula is C14H28N2O2S. The Morgan fingerprint density at radius 1 is 1.00 bits per heavy atom. The number of nitrogens with zero attached hydrogens (tertiary/aromatic N) is 1. The van der Waals surface area contributed by atoms with Crippen LogP contribution in [0.4, 0.5) is 0 Å². The van der Waals surface area contributed by atoms with Crippen molar-refractivity contribution in [2.45, 2.75) is 63.8 Å². The van der Waals surface area contributed by atoms with E-state index in [1.807, 2.05) is 0 Å². The quantitative estimate of drug-likeness (QED) is 0.842. The molecule has 0 aromatic rings. The zero-order chi connectivity index (χ0) is 13.7. The van der Waals surface area contributed by atoms with Gasteiger partial charge in [-0.1, -0.05) is 25.7 Å². The van der Waals surface area contributed by atoms with Crippen molar-refractivity contribution in [1.29, 1.82) is 0 Å². The first kappa shape index (κ1) is 15.3. The van der Waals surface area contributed by atoms with E-state index in [-0.39, 0.29) is 6.04 Å². The van der Waals surface area contributed by atoms with Crippen LogP contribution >= 0.6 is 0 Å². The van der Waals surface area contributed by atoms with Gasteiger partial charge in [-0.05, 0) is 44.6 Å². The first-order valence-electron chi connectivity index (χ1n) is 7.83. The monoisotopic (exact) mass is 288 g/mol. The molecule has 2 rings (SSSR count). The summed E-state index contributed by atoms with van der Waals surface area (Å²) in [6.45, 7) is 1.29. The summed E-state index contributed by atoms with van der Waals surface area (Å²) >= 11 is 0. The normalized spacial score (nSPS) is 27.5. The van der Waals surface area contributed by atoms with Crippen molar-refractivity contribution >= 4 is 10.0 Å². The number of sulfonamides is 1. The van der Waals surface area contributed by atoms with Crippen LogP contribution in [-0.2, 0) is 10.0 Å². The lowest BCUT2D eigenvalue weighted by Gasteiger charge is -2.36. The second-order valence-corrected chi connectivity index (χ2v) is 8.09. The Kier molecular flexibility index (Phi) is 5.66. The van der Waals surface area contributed by atoms with Crippen molar-refractivity contribution in [2.75, 3.05) is 18.8 Å². The number of hydrogen-bond donors (Lipinski definition) is 1. The number of hydrogen-bond acceptors (Lipinski definition) is 3. The fraction of sp³-hybridized carbons (Fsp3) is 1.00. The van der Waals surface area contributed by atoms with E-state index in [0.717, 1.165) is 38.5 Å². The van der Waals surface area contributed by atoms with Crippen molar-refractivity contribution in [1.82, 2.24) is 4.31 Å². The van der Waals surface area contributed by atoms with E-state index in [4.69, 9.17) is 5.73 Å². The van der Waals surface area contributed by atoms with Gasteiger partial charge in [-0.15, -0.1) is 0 Å². The highest BCUT2D eigenvalue weighted by molar-refractivity contribution is 7.89. The Morgan fingerprint density at radius 3 is 2.37 bits per heavy atom. The Morgan fingerprint density at radius 2 is 1.68 bits per heavy atom. The molecule has 19 heavy (non-hydrogen) atoms. The van der Waals surface area contributed by atoms with E-state index >= 15 is 0 Å². The van der Waals surface area contributed by atoms with Gasteiger partial charge >= 0.3 is 0 Å². The standard InChI is InChI=1S/C14H28N2O2S/c15-10-9-14-8-4-5-11-16(14)19(17,18)12-13-6-2-1-3-7-13/h13-14H,1-12,15H2. The van der Waals surface area contributed by atoms with Crippen LogP contribution in [0.15, 0.2) is 0 Å². The maximum absolute atomic E-state index is 12.6. The highest BCUT2D eigenvalue weighted by Crippen LogP contribution is 2.29. The molecule has 1 unspecified atom stereocenters. The lowest BCUT2D eigenvalue weighted by molar-refractivity contribution is 0.240. The fourth-order valence-corrected chi connectivity index (χ4v) is 5.76. The third-order valence-corrected chi connectivity index (χ3v) is 6.69. The Hall–Kier alpha value is -0.130. The third kappa shape index (κ3) is 4.17. The van der Waals surface area contributed by atoms with Gasteiger partial charge in [0.25, 0.3) is 0 Å². The first-order chi connectivity index (χ1) is 9.13. The van der Waals surface area contributed by atoms with E-state index < -0.39 is 10.0 Å². The van der Waals surface area contributed by atoms with Gasteiger partial charge in [-0.3, -0.25) is 0 Å². The molecule has 1 saturated heterocycles. The van der Waals surface area contributed by atoms with Gasteiger partial charge in [0.2, 0.25) is 10.0 Å². The van der Waals surface area contributed by atoms with Crippen molar-refractivity contribution in [3.05, 3.63) is 0 Å². The summed E-state index contributed by atoms with van der Waals surface area (Å²) in [6, 6.07) is 0.160. The SMILES string of the molecule is NCCC1CCCCN1S(=O)(=O)CC1CCCCC1. The second kappa shape index (κ2) is 7.04. The summed E-state index contributed by atoms with van der Waals surface area (Å²) in [4.78, 5) is 0. The smallest absolute Gasteiger partial charge is 0.214 e. The molecule has 1 saturated carbocycles. The minimum Gasteiger partial charge on any atom is -0.330 e. The second-order valence-electron chi connectivity index (χ2n) is 6.12. The van der Waals surface area contributed by atoms with Crippen molar-refractivity contribution in [3.63, 3.8) is 0 Å². The summed E-state index contributed by atoms with van der Waals surface area (Å²) in [5.41, 5.74) is 5.63. The Balaban J connectivity index is 1.99. The lowest BCUT2D eigenvalue weighted by atomic mass is 9.91. The summed E-state index contributed by atoms with van der Waals surface area (Å²) in [5.74, 6) is 0.757. The van der Waals surface area contributed by atoms with Gasteiger partial charge in [-0.2, -0.15) is 4.31 Å². The van der Waals surface area contributed by atoms with Crippen LogP contribution in [0.5, 0.6) is 0 Å². The average Bonchev–Trinajstić information content (AvgIpc) is 2.40. The van der Waals surface area contributed by atoms with Gasteiger partial charge < -0.3 is 5.73 Å². The Labute approximate surface area is 117 Å². The van der Waals surface area contributed by atoms with E-state index in [1.54, 1.807) is 4.31 Å². The molecule has 1 heterocycles. The summed E-state index contributed by atoms with van der Waals surface area (Å²) in [5, 5.41) is 0. The van der Waals surface area contributed by atoms with Gasteiger partial charge in [-0.25, -0.2) is 8.42 Å². The lowest BCUT2D eigenvalue weighted by Crippen LogP contribution is -2.46. The minimum atomic E-state index is -3.08. The molecule has 0 radical (unpaired) electrons. The number of piperidine rings is 1. The van der Waals surface area contributed by atoms with Crippen molar-refractivity contribution in [3.8, 4) is 0 Å². The molecule has 1 aliphatic carbocycles. The molecule has 1 atom stereocenters. The molecule has 0 aromatic heterocycles. The highest BCUT2D eigenvalue weighted by atomic mass is 32.2.